The fourth-order valence-electron chi connectivity index (χ4n) is 3.51. The first-order valence-electron chi connectivity index (χ1n) is 8.33. The lowest BCUT2D eigenvalue weighted by atomic mass is 10.1. The third kappa shape index (κ3) is 3.63. The first-order valence-corrected chi connectivity index (χ1v) is 10.2. The molecule has 1 fully saturated rings. The second-order valence-electron chi connectivity index (χ2n) is 6.64. The van der Waals surface area contributed by atoms with Crippen molar-refractivity contribution in [3.05, 3.63) is 29.8 Å². The summed E-state index contributed by atoms with van der Waals surface area (Å²) in [5, 5.41) is 0. The maximum Gasteiger partial charge on any atom is 0.242 e. The molecule has 2 heterocycles. The third-order valence-corrected chi connectivity index (χ3v) is 5.90. The molecule has 1 saturated heterocycles. The number of hydrogen-bond acceptors (Lipinski definition) is 4. The van der Waals surface area contributed by atoms with E-state index < -0.39 is 10.0 Å². The van der Waals surface area contributed by atoms with Crippen LogP contribution in [-0.4, -0.2) is 56.7 Å². The minimum Gasteiger partial charge on any atom is -0.377 e. The highest BCUT2D eigenvalue weighted by Gasteiger charge is 2.34. The summed E-state index contributed by atoms with van der Waals surface area (Å²) in [4.78, 5) is 14.6. The van der Waals surface area contributed by atoms with E-state index in [9.17, 15) is 13.2 Å². The van der Waals surface area contributed by atoms with Crippen LogP contribution in [0.1, 0.15) is 25.3 Å². The van der Waals surface area contributed by atoms with E-state index in [1.807, 2.05) is 31.2 Å². The molecule has 0 aromatic heterocycles. The Hall–Kier alpha value is -1.44. The monoisotopic (exact) mass is 352 g/mol. The highest BCUT2D eigenvalue weighted by atomic mass is 32.2. The number of rotatable bonds is 5. The van der Waals surface area contributed by atoms with Crippen molar-refractivity contribution in [1.29, 1.82) is 0 Å². The minimum atomic E-state index is -3.47. The maximum absolute atomic E-state index is 12.8. The number of ether oxygens (including phenoxy) is 1. The molecular formula is C17H24N2O4S. The summed E-state index contributed by atoms with van der Waals surface area (Å²) in [7, 11) is -3.47. The van der Waals surface area contributed by atoms with Gasteiger partial charge in [0, 0.05) is 24.9 Å². The zero-order valence-corrected chi connectivity index (χ0v) is 15.0. The van der Waals surface area contributed by atoms with E-state index in [-0.39, 0.29) is 31.1 Å². The molecule has 6 nitrogen and oxygen atoms in total. The maximum atomic E-state index is 12.8. The summed E-state index contributed by atoms with van der Waals surface area (Å²) in [6.45, 7) is 2.75. The number of carbonyl (C=O) groups excluding carboxylic acids is 1. The van der Waals surface area contributed by atoms with Crippen molar-refractivity contribution in [2.24, 2.45) is 0 Å². The summed E-state index contributed by atoms with van der Waals surface area (Å²) in [5.41, 5.74) is 2.02. The zero-order valence-electron chi connectivity index (χ0n) is 14.1. The first kappa shape index (κ1) is 17.4. The molecule has 2 aliphatic rings. The highest BCUT2D eigenvalue weighted by Crippen LogP contribution is 2.32. The van der Waals surface area contributed by atoms with Gasteiger partial charge in [0.05, 0.1) is 18.9 Å². The molecule has 0 saturated carbocycles. The summed E-state index contributed by atoms with van der Waals surface area (Å²) < 4.78 is 31.0. The van der Waals surface area contributed by atoms with Crippen molar-refractivity contribution in [2.75, 3.05) is 30.9 Å². The van der Waals surface area contributed by atoms with Gasteiger partial charge in [-0.2, -0.15) is 4.31 Å². The van der Waals surface area contributed by atoms with Gasteiger partial charge in [-0.3, -0.25) is 4.79 Å². The highest BCUT2D eigenvalue weighted by molar-refractivity contribution is 7.88. The average molecular weight is 352 g/mol. The Labute approximate surface area is 143 Å². The lowest BCUT2D eigenvalue weighted by Gasteiger charge is -2.27. The van der Waals surface area contributed by atoms with Crippen LogP contribution in [0.2, 0.25) is 0 Å². The van der Waals surface area contributed by atoms with E-state index in [0.717, 1.165) is 36.8 Å². The Balaban J connectivity index is 1.76. The van der Waals surface area contributed by atoms with Crippen molar-refractivity contribution in [3.8, 4) is 0 Å². The van der Waals surface area contributed by atoms with Gasteiger partial charge in [0.15, 0.2) is 0 Å². The van der Waals surface area contributed by atoms with E-state index in [0.29, 0.717) is 6.61 Å². The van der Waals surface area contributed by atoms with Crippen molar-refractivity contribution >= 4 is 21.6 Å². The lowest BCUT2D eigenvalue weighted by molar-refractivity contribution is -0.119. The molecule has 0 bridgehead atoms. The summed E-state index contributed by atoms with van der Waals surface area (Å²) in [6.07, 6.45) is 3.61. The molecule has 0 radical (unpaired) electrons. The van der Waals surface area contributed by atoms with Crippen molar-refractivity contribution in [2.45, 2.75) is 38.3 Å². The SMILES string of the molecule is CC1Cc2ccccc2N1C(=O)CN(CC1CCCO1)S(C)(=O)=O. The van der Waals surface area contributed by atoms with E-state index in [4.69, 9.17) is 4.74 Å². The number of hydrogen-bond donors (Lipinski definition) is 0. The van der Waals surface area contributed by atoms with E-state index in [1.165, 1.54) is 4.31 Å². The summed E-state index contributed by atoms with van der Waals surface area (Å²) in [6, 6.07) is 7.83. The van der Waals surface area contributed by atoms with E-state index in [2.05, 4.69) is 0 Å². The number of amides is 1. The quantitative estimate of drug-likeness (QED) is 0.803. The number of benzene rings is 1. The smallest absolute Gasteiger partial charge is 0.242 e. The number of carbonyl (C=O) groups is 1. The first-order chi connectivity index (χ1) is 11.4. The van der Waals surface area contributed by atoms with Crippen molar-refractivity contribution in [1.82, 2.24) is 4.31 Å². The molecule has 2 aliphatic heterocycles. The van der Waals surface area contributed by atoms with Gasteiger partial charge in [-0.05, 0) is 37.8 Å². The average Bonchev–Trinajstić information content (AvgIpc) is 3.11. The molecule has 0 spiro atoms. The summed E-state index contributed by atoms with van der Waals surface area (Å²) in [5.74, 6) is -0.184. The Kier molecular flexibility index (Phi) is 4.94. The topological polar surface area (TPSA) is 66.9 Å². The van der Waals surface area contributed by atoms with Gasteiger partial charge in [-0.25, -0.2) is 8.42 Å². The van der Waals surface area contributed by atoms with Crippen LogP contribution in [0.25, 0.3) is 0 Å². The predicted octanol–water partition coefficient (Wildman–Crippen LogP) is 1.40. The van der Waals surface area contributed by atoms with Gasteiger partial charge in [0.2, 0.25) is 15.9 Å². The Morgan fingerprint density at radius 3 is 2.79 bits per heavy atom. The molecule has 3 rings (SSSR count). The zero-order chi connectivity index (χ0) is 17.3. The predicted molar refractivity (Wildman–Crippen MR) is 92.5 cm³/mol. The molecular weight excluding hydrogens is 328 g/mol. The molecule has 24 heavy (non-hydrogen) atoms. The van der Waals surface area contributed by atoms with Gasteiger partial charge in [-0.1, -0.05) is 18.2 Å². The molecule has 0 N–H and O–H groups in total. The molecule has 2 atom stereocenters. The fourth-order valence-corrected chi connectivity index (χ4v) is 4.29. The van der Waals surface area contributed by atoms with Gasteiger partial charge in [0.25, 0.3) is 0 Å². The van der Waals surface area contributed by atoms with Crippen molar-refractivity contribution in [3.63, 3.8) is 0 Å². The third-order valence-electron chi connectivity index (χ3n) is 4.69. The van der Waals surface area contributed by atoms with Crippen LogP contribution in [0, 0.1) is 0 Å². The van der Waals surface area contributed by atoms with Crippen LogP contribution < -0.4 is 4.90 Å². The fraction of sp³-hybridized carbons (Fsp3) is 0.588. The number of sulfonamides is 1. The number of para-hydroxylation sites is 1. The molecule has 1 amide bonds. The molecule has 0 aliphatic carbocycles. The molecule has 1 aromatic rings. The number of anilines is 1. The second kappa shape index (κ2) is 6.82. The Morgan fingerprint density at radius 1 is 1.38 bits per heavy atom. The molecule has 132 valence electrons. The van der Waals surface area contributed by atoms with Crippen LogP contribution in [0.3, 0.4) is 0 Å². The van der Waals surface area contributed by atoms with Crippen molar-refractivity contribution < 1.29 is 17.9 Å². The molecule has 1 aromatic carbocycles. The summed E-state index contributed by atoms with van der Waals surface area (Å²) >= 11 is 0. The van der Waals surface area contributed by atoms with Gasteiger partial charge in [-0.15, -0.1) is 0 Å². The minimum absolute atomic E-state index is 0.0408. The normalized spacial score (nSPS) is 23.7. The molecule has 2 unspecified atom stereocenters. The van der Waals surface area contributed by atoms with Gasteiger partial charge < -0.3 is 9.64 Å². The van der Waals surface area contributed by atoms with Gasteiger partial charge >= 0.3 is 0 Å². The van der Waals surface area contributed by atoms with Crippen LogP contribution in [-0.2, 0) is 26.0 Å². The largest absolute Gasteiger partial charge is 0.377 e. The van der Waals surface area contributed by atoms with Crippen LogP contribution in [0.15, 0.2) is 24.3 Å². The lowest BCUT2D eigenvalue weighted by Crippen LogP contribution is -2.46. The molecule has 7 heteroatoms. The Morgan fingerprint density at radius 2 is 2.12 bits per heavy atom. The van der Waals surface area contributed by atoms with Gasteiger partial charge in [0.1, 0.15) is 0 Å². The second-order valence-corrected chi connectivity index (χ2v) is 8.62. The van der Waals surface area contributed by atoms with Crippen LogP contribution in [0.4, 0.5) is 5.69 Å². The van der Waals surface area contributed by atoms with E-state index in [1.54, 1.807) is 4.90 Å². The van der Waals surface area contributed by atoms with Crippen LogP contribution >= 0.6 is 0 Å². The standard InChI is InChI=1S/C17H24N2O4S/c1-13-10-14-6-3-4-8-16(14)19(13)17(20)12-18(24(2,21)22)11-15-7-5-9-23-15/h3-4,6,8,13,15H,5,7,9-12H2,1-2H3. The van der Waals surface area contributed by atoms with E-state index >= 15 is 0 Å². The number of nitrogens with zero attached hydrogens (tertiary/aromatic N) is 2. The number of fused-ring (bicyclic) bond motifs is 1. The Bertz CT molecular complexity index is 713. The van der Waals surface area contributed by atoms with Crippen LogP contribution in [0.5, 0.6) is 0 Å².